The zero-order valence-corrected chi connectivity index (χ0v) is 11.1. The summed E-state index contributed by atoms with van der Waals surface area (Å²) in [5, 5.41) is 21.8. The summed E-state index contributed by atoms with van der Waals surface area (Å²) in [6, 6.07) is 2.55. The van der Waals surface area contributed by atoms with E-state index in [-0.39, 0.29) is 18.9 Å². The van der Waals surface area contributed by atoms with E-state index in [1.807, 2.05) is 0 Å². The molecule has 0 fully saturated rings. The summed E-state index contributed by atoms with van der Waals surface area (Å²) < 4.78 is 51.8. The van der Waals surface area contributed by atoms with Gasteiger partial charge in [-0.3, -0.25) is 4.79 Å². The van der Waals surface area contributed by atoms with Crippen molar-refractivity contribution >= 4 is 5.91 Å². The zero-order valence-electron chi connectivity index (χ0n) is 11.1. The van der Waals surface area contributed by atoms with Crippen LogP contribution in [0.5, 0.6) is 0 Å². The lowest BCUT2D eigenvalue weighted by Crippen LogP contribution is -2.28. The van der Waals surface area contributed by atoms with Gasteiger partial charge in [0, 0.05) is 13.5 Å². The Kier molecular flexibility index (Phi) is 5.68. The maximum absolute atomic E-state index is 13.4. The molecule has 4 nitrogen and oxygen atoms in total. The lowest BCUT2D eigenvalue weighted by atomic mass is 9.96. The molecule has 21 heavy (non-hydrogen) atoms. The van der Waals surface area contributed by atoms with Gasteiger partial charge >= 0.3 is 6.18 Å². The van der Waals surface area contributed by atoms with E-state index in [2.05, 4.69) is 5.32 Å². The lowest BCUT2D eigenvalue weighted by Gasteiger charge is -2.22. The van der Waals surface area contributed by atoms with E-state index < -0.39 is 35.3 Å². The predicted octanol–water partition coefficient (Wildman–Crippen LogP) is 1.76. The van der Waals surface area contributed by atoms with Gasteiger partial charge in [-0.05, 0) is 18.1 Å². The van der Waals surface area contributed by atoms with Gasteiger partial charge in [-0.2, -0.15) is 13.2 Å². The SMILES string of the molecule is CC(=O)NCCC(O)C(O)c1cccc(F)c1C(F)(F)F. The molecule has 0 heterocycles. The van der Waals surface area contributed by atoms with Crippen LogP contribution in [-0.4, -0.2) is 28.8 Å². The van der Waals surface area contributed by atoms with Gasteiger partial charge in [0.2, 0.25) is 5.91 Å². The van der Waals surface area contributed by atoms with Crippen LogP contribution in [0.2, 0.25) is 0 Å². The molecule has 8 heteroatoms. The third-order valence-corrected chi connectivity index (χ3v) is 2.83. The number of hydrogen-bond acceptors (Lipinski definition) is 3. The molecular formula is C13H15F4NO3. The molecule has 2 unspecified atom stereocenters. The summed E-state index contributed by atoms with van der Waals surface area (Å²) in [6.45, 7) is 1.21. The Labute approximate surface area is 118 Å². The predicted molar refractivity (Wildman–Crippen MR) is 65.7 cm³/mol. The second kappa shape index (κ2) is 6.86. The molecule has 0 aromatic heterocycles. The first-order chi connectivity index (χ1) is 9.64. The molecule has 2 atom stereocenters. The van der Waals surface area contributed by atoms with Crippen LogP contribution in [0.25, 0.3) is 0 Å². The Balaban J connectivity index is 2.94. The van der Waals surface area contributed by atoms with Gasteiger partial charge < -0.3 is 15.5 Å². The van der Waals surface area contributed by atoms with E-state index in [1.165, 1.54) is 6.92 Å². The number of nitrogens with one attached hydrogen (secondary N) is 1. The molecular weight excluding hydrogens is 294 g/mol. The molecule has 0 aliphatic carbocycles. The highest BCUT2D eigenvalue weighted by molar-refractivity contribution is 5.72. The van der Waals surface area contributed by atoms with Crippen LogP contribution in [-0.2, 0) is 11.0 Å². The number of carbonyl (C=O) groups is 1. The van der Waals surface area contributed by atoms with Crippen molar-refractivity contribution in [1.29, 1.82) is 0 Å². The van der Waals surface area contributed by atoms with E-state index in [4.69, 9.17) is 0 Å². The average molecular weight is 309 g/mol. The smallest absolute Gasteiger partial charge is 0.390 e. The number of aliphatic hydroxyl groups excluding tert-OH is 2. The quantitative estimate of drug-likeness (QED) is 0.726. The molecule has 0 saturated carbocycles. The van der Waals surface area contributed by atoms with Crippen molar-refractivity contribution in [2.24, 2.45) is 0 Å². The van der Waals surface area contributed by atoms with E-state index in [0.717, 1.165) is 12.1 Å². The first kappa shape index (κ1) is 17.4. The number of alkyl halides is 3. The monoisotopic (exact) mass is 309 g/mol. The van der Waals surface area contributed by atoms with Crippen LogP contribution in [0.3, 0.4) is 0 Å². The summed E-state index contributed by atoms with van der Waals surface area (Å²) in [5.74, 6) is -1.90. The van der Waals surface area contributed by atoms with Crippen molar-refractivity contribution in [2.75, 3.05) is 6.54 Å². The fourth-order valence-electron chi connectivity index (χ4n) is 1.85. The number of amides is 1. The molecule has 1 rings (SSSR count). The Morgan fingerprint density at radius 2 is 1.95 bits per heavy atom. The second-order valence-corrected chi connectivity index (χ2v) is 4.49. The topological polar surface area (TPSA) is 69.6 Å². The molecule has 118 valence electrons. The van der Waals surface area contributed by atoms with Gasteiger partial charge in [0.15, 0.2) is 0 Å². The largest absolute Gasteiger partial charge is 0.419 e. The molecule has 1 aromatic rings. The highest BCUT2D eigenvalue weighted by atomic mass is 19.4. The standard InChI is InChI=1S/C13H15F4NO3/c1-7(19)18-6-5-10(20)12(21)8-3-2-4-9(14)11(8)13(15,16)17/h2-4,10,12,20-21H,5-6H2,1H3,(H,18,19). The molecule has 0 aliphatic rings. The Hall–Kier alpha value is -1.67. The molecule has 0 spiro atoms. The molecule has 0 bridgehead atoms. The van der Waals surface area contributed by atoms with Crippen molar-refractivity contribution in [2.45, 2.75) is 31.7 Å². The van der Waals surface area contributed by atoms with Gasteiger partial charge in [0.25, 0.3) is 0 Å². The minimum absolute atomic E-state index is 0.0236. The van der Waals surface area contributed by atoms with E-state index in [1.54, 1.807) is 0 Å². The highest BCUT2D eigenvalue weighted by Crippen LogP contribution is 2.37. The summed E-state index contributed by atoms with van der Waals surface area (Å²) in [5.41, 5.74) is -2.34. The first-order valence-corrected chi connectivity index (χ1v) is 6.10. The van der Waals surface area contributed by atoms with E-state index >= 15 is 0 Å². The van der Waals surface area contributed by atoms with Gasteiger partial charge in [-0.15, -0.1) is 0 Å². The maximum atomic E-state index is 13.4. The van der Waals surface area contributed by atoms with Crippen molar-refractivity contribution in [3.63, 3.8) is 0 Å². The normalized spacial score (nSPS) is 14.6. The number of hydrogen-bond donors (Lipinski definition) is 3. The number of carbonyl (C=O) groups excluding carboxylic acids is 1. The second-order valence-electron chi connectivity index (χ2n) is 4.49. The summed E-state index contributed by atoms with van der Waals surface area (Å²) in [6.07, 6.45) is -8.64. The van der Waals surface area contributed by atoms with Crippen LogP contribution < -0.4 is 5.32 Å². The number of benzene rings is 1. The van der Waals surface area contributed by atoms with Crippen molar-refractivity contribution in [3.05, 3.63) is 35.1 Å². The van der Waals surface area contributed by atoms with E-state index in [9.17, 15) is 32.6 Å². The number of aliphatic hydroxyl groups is 2. The van der Waals surface area contributed by atoms with Crippen molar-refractivity contribution in [3.8, 4) is 0 Å². The molecule has 0 saturated heterocycles. The zero-order chi connectivity index (χ0) is 16.2. The van der Waals surface area contributed by atoms with Crippen molar-refractivity contribution < 1.29 is 32.6 Å². The summed E-state index contributed by atoms with van der Waals surface area (Å²) in [7, 11) is 0. The first-order valence-electron chi connectivity index (χ1n) is 6.10. The van der Waals surface area contributed by atoms with Gasteiger partial charge in [-0.25, -0.2) is 4.39 Å². The molecule has 1 aromatic carbocycles. The van der Waals surface area contributed by atoms with Gasteiger partial charge in [0.05, 0.1) is 11.7 Å². The van der Waals surface area contributed by atoms with Crippen LogP contribution in [0.4, 0.5) is 17.6 Å². The molecule has 0 aliphatic heterocycles. The molecule has 0 radical (unpaired) electrons. The van der Waals surface area contributed by atoms with Crippen LogP contribution in [0, 0.1) is 5.82 Å². The Morgan fingerprint density at radius 3 is 2.48 bits per heavy atom. The number of rotatable bonds is 5. The minimum Gasteiger partial charge on any atom is -0.390 e. The van der Waals surface area contributed by atoms with E-state index in [0.29, 0.717) is 6.07 Å². The maximum Gasteiger partial charge on any atom is 0.419 e. The minimum atomic E-state index is -4.99. The summed E-state index contributed by atoms with van der Waals surface area (Å²) >= 11 is 0. The average Bonchev–Trinajstić information content (AvgIpc) is 2.35. The molecule has 3 N–H and O–H groups in total. The van der Waals surface area contributed by atoms with Crippen LogP contribution in [0.15, 0.2) is 18.2 Å². The lowest BCUT2D eigenvalue weighted by molar-refractivity contribution is -0.142. The third-order valence-electron chi connectivity index (χ3n) is 2.83. The fourth-order valence-corrected chi connectivity index (χ4v) is 1.85. The Bertz CT molecular complexity index is 505. The van der Waals surface area contributed by atoms with Gasteiger partial charge in [0.1, 0.15) is 11.9 Å². The third kappa shape index (κ3) is 4.68. The molecule has 1 amide bonds. The summed E-state index contributed by atoms with van der Waals surface area (Å²) in [4.78, 5) is 10.6. The van der Waals surface area contributed by atoms with Crippen molar-refractivity contribution in [1.82, 2.24) is 5.32 Å². The fraction of sp³-hybridized carbons (Fsp3) is 0.462. The number of halogens is 4. The van der Waals surface area contributed by atoms with Gasteiger partial charge in [-0.1, -0.05) is 12.1 Å². The highest BCUT2D eigenvalue weighted by Gasteiger charge is 2.39. The Morgan fingerprint density at radius 1 is 1.33 bits per heavy atom. The van der Waals surface area contributed by atoms with Crippen LogP contribution in [0.1, 0.15) is 30.6 Å². The van der Waals surface area contributed by atoms with Crippen LogP contribution >= 0.6 is 0 Å².